The normalized spacial score (nSPS) is 24.9. The zero-order valence-electron chi connectivity index (χ0n) is 8.52. The molecular weight excluding hydrogens is 156 g/mol. The van der Waals surface area contributed by atoms with E-state index in [1.54, 1.807) is 5.57 Å². The van der Waals surface area contributed by atoms with Crippen LogP contribution in [0, 0.1) is 11.8 Å². The Hall–Kier alpha value is -0.480. The molecule has 2 saturated carbocycles. The van der Waals surface area contributed by atoms with Gasteiger partial charge in [-0.1, -0.05) is 32.3 Å². The predicted octanol–water partition coefficient (Wildman–Crippen LogP) is 4.08. The molecule has 0 nitrogen and oxygen atoms in total. The molecule has 72 valence electrons. The monoisotopic (exact) mass is 176 g/mol. The van der Waals surface area contributed by atoms with Gasteiger partial charge in [-0.3, -0.25) is 0 Å². The standard InChI is InChI=1S/C13H20/c1-2-13(11-7-3-4-8-11)12-9-5-6-10-12/h11-12H,1,3-10H2. The van der Waals surface area contributed by atoms with E-state index >= 15 is 0 Å². The zero-order valence-corrected chi connectivity index (χ0v) is 8.52. The fourth-order valence-corrected chi connectivity index (χ4v) is 3.10. The van der Waals surface area contributed by atoms with Crippen molar-refractivity contribution in [2.24, 2.45) is 11.8 Å². The van der Waals surface area contributed by atoms with Crippen molar-refractivity contribution < 1.29 is 0 Å². The van der Waals surface area contributed by atoms with Gasteiger partial charge in [-0.25, -0.2) is 0 Å². The molecule has 0 N–H and O–H groups in total. The largest absolute Gasteiger partial charge is 0.129 e. The molecule has 0 aliphatic heterocycles. The molecule has 2 fully saturated rings. The van der Waals surface area contributed by atoms with E-state index in [0.717, 1.165) is 11.8 Å². The minimum atomic E-state index is 0.862. The van der Waals surface area contributed by atoms with Crippen LogP contribution in [-0.4, -0.2) is 0 Å². The second-order valence-electron chi connectivity index (χ2n) is 4.59. The maximum atomic E-state index is 3.89. The predicted molar refractivity (Wildman–Crippen MR) is 56.6 cm³/mol. The van der Waals surface area contributed by atoms with Gasteiger partial charge in [0.1, 0.15) is 0 Å². The van der Waals surface area contributed by atoms with Crippen molar-refractivity contribution in [3.05, 3.63) is 17.9 Å². The second-order valence-corrected chi connectivity index (χ2v) is 4.59. The smallest absolute Gasteiger partial charge is 0.0125 e. The molecule has 2 rings (SSSR count). The Bertz CT molecular complexity index is 190. The van der Waals surface area contributed by atoms with E-state index < -0.39 is 0 Å². The van der Waals surface area contributed by atoms with E-state index in [1.165, 1.54) is 51.4 Å². The highest BCUT2D eigenvalue weighted by molar-refractivity contribution is 5.11. The average molecular weight is 176 g/mol. The SMILES string of the molecule is C=C=C(C1CCCC1)C1CCCC1. The lowest BCUT2D eigenvalue weighted by molar-refractivity contribution is 0.516. The van der Waals surface area contributed by atoms with E-state index in [2.05, 4.69) is 12.3 Å². The Morgan fingerprint density at radius 2 is 1.23 bits per heavy atom. The van der Waals surface area contributed by atoms with Crippen LogP contribution in [0.5, 0.6) is 0 Å². The molecule has 0 heteroatoms. The van der Waals surface area contributed by atoms with Crippen molar-refractivity contribution in [3.8, 4) is 0 Å². The number of hydrogen-bond acceptors (Lipinski definition) is 0. The molecule has 2 aliphatic carbocycles. The van der Waals surface area contributed by atoms with Crippen LogP contribution in [0.4, 0.5) is 0 Å². The molecule has 2 aliphatic rings. The lowest BCUT2D eigenvalue weighted by atomic mass is 9.86. The van der Waals surface area contributed by atoms with Crippen molar-refractivity contribution in [1.82, 2.24) is 0 Å². The van der Waals surface area contributed by atoms with Crippen LogP contribution < -0.4 is 0 Å². The maximum Gasteiger partial charge on any atom is -0.0125 e. The first-order valence-corrected chi connectivity index (χ1v) is 5.81. The third-order valence-electron chi connectivity index (χ3n) is 3.79. The highest BCUT2D eigenvalue weighted by Crippen LogP contribution is 2.40. The van der Waals surface area contributed by atoms with Crippen molar-refractivity contribution in [1.29, 1.82) is 0 Å². The lowest BCUT2D eigenvalue weighted by Crippen LogP contribution is -2.07. The van der Waals surface area contributed by atoms with Crippen molar-refractivity contribution in [2.45, 2.75) is 51.4 Å². The van der Waals surface area contributed by atoms with Gasteiger partial charge in [0.15, 0.2) is 0 Å². The summed E-state index contributed by atoms with van der Waals surface area (Å²) in [6, 6.07) is 0. The molecule has 0 spiro atoms. The van der Waals surface area contributed by atoms with Crippen molar-refractivity contribution in [3.63, 3.8) is 0 Å². The van der Waals surface area contributed by atoms with Gasteiger partial charge >= 0.3 is 0 Å². The van der Waals surface area contributed by atoms with Crippen LogP contribution in [0.2, 0.25) is 0 Å². The van der Waals surface area contributed by atoms with Crippen molar-refractivity contribution >= 4 is 0 Å². The van der Waals surface area contributed by atoms with Crippen LogP contribution in [0.3, 0.4) is 0 Å². The van der Waals surface area contributed by atoms with E-state index in [0.29, 0.717) is 0 Å². The molecule has 0 bridgehead atoms. The van der Waals surface area contributed by atoms with Gasteiger partial charge in [-0.15, -0.1) is 5.73 Å². The van der Waals surface area contributed by atoms with E-state index in [4.69, 9.17) is 0 Å². The summed E-state index contributed by atoms with van der Waals surface area (Å²) in [5.41, 5.74) is 4.85. The molecule has 13 heavy (non-hydrogen) atoms. The maximum absolute atomic E-state index is 3.89. The zero-order chi connectivity index (χ0) is 9.10. The molecule has 0 aromatic carbocycles. The first-order valence-electron chi connectivity index (χ1n) is 5.81. The molecular formula is C13H20. The Kier molecular flexibility index (Phi) is 2.90. The van der Waals surface area contributed by atoms with Crippen LogP contribution in [-0.2, 0) is 0 Å². The summed E-state index contributed by atoms with van der Waals surface area (Å²) in [7, 11) is 0. The molecule has 0 aromatic rings. The third kappa shape index (κ3) is 1.89. The minimum Gasteiger partial charge on any atom is -0.129 e. The molecule has 0 radical (unpaired) electrons. The highest BCUT2D eigenvalue weighted by atomic mass is 14.3. The van der Waals surface area contributed by atoms with Gasteiger partial charge in [-0.2, -0.15) is 0 Å². The van der Waals surface area contributed by atoms with Crippen LogP contribution in [0.25, 0.3) is 0 Å². The molecule has 0 amide bonds. The van der Waals surface area contributed by atoms with Crippen molar-refractivity contribution in [2.75, 3.05) is 0 Å². The summed E-state index contributed by atoms with van der Waals surface area (Å²) >= 11 is 0. The van der Waals surface area contributed by atoms with Gasteiger partial charge in [0.2, 0.25) is 0 Å². The highest BCUT2D eigenvalue weighted by Gasteiger charge is 2.27. The average Bonchev–Trinajstić information content (AvgIpc) is 2.76. The van der Waals surface area contributed by atoms with Gasteiger partial charge in [0, 0.05) is 0 Å². The fourth-order valence-electron chi connectivity index (χ4n) is 3.10. The van der Waals surface area contributed by atoms with Gasteiger partial charge in [-0.05, 0) is 43.1 Å². The summed E-state index contributed by atoms with van der Waals surface area (Å²) in [4.78, 5) is 0. The first kappa shape index (κ1) is 9.09. The van der Waals surface area contributed by atoms with Gasteiger partial charge in [0.05, 0.1) is 0 Å². The number of allylic oxidation sites excluding steroid dienone is 1. The number of hydrogen-bond donors (Lipinski definition) is 0. The topological polar surface area (TPSA) is 0 Å². The van der Waals surface area contributed by atoms with Crippen LogP contribution >= 0.6 is 0 Å². The first-order chi connectivity index (χ1) is 6.42. The molecule has 0 unspecified atom stereocenters. The summed E-state index contributed by atoms with van der Waals surface area (Å²) < 4.78 is 0. The van der Waals surface area contributed by atoms with Gasteiger partial charge < -0.3 is 0 Å². The summed E-state index contributed by atoms with van der Waals surface area (Å²) in [5.74, 6) is 1.72. The third-order valence-corrected chi connectivity index (χ3v) is 3.79. The molecule has 0 heterocycles. The minimum absolute atomic E-state index is 0.862. The summed E-state index contributed by atoms with van der Waals surface area (Å²) in [6.45, 7) is 3.89. The molecule has 0 atom stereocenters. The second kappa shape index (κ2) is 4.15. The Balaban J connectivity index is 2.03. The molecule has 0 aromatic heterocycles. The summed E-state index contributed by atoms with van der Waals surface area (Å²) in [6.07, 6.45) is 11.4. The van der Waals surface area contributed by atoms with Gasteiger partial charge in [0.25, 0.3) is 0 Å². The Morgan fingerprint density at radius 1 is 0.846 bits per heavy atom. The Labute approximate surface area is 81.7 Å². The fraction of sp³-hybridized carbons (Fsp3) is 0.769. The Morgan fingerprint density at radius 3 is 1.54 bits per heavy atom. The summed E-state index contributed by atoms with van der Waals surface area (Å²) in [5, 5.41) is 0. The quantitative estimate of drug-likeness (QED) is 0.556. The van der Waals surface area contributed by atoms with Crippen LogP contribution in [0.15, 0.2) is 17.9 Å². The molecule has 0 saturated heterocycles. The van der Waals surface area contributed by atoms with E-state index in [1.807, 2.05) is 0 Å². The lowest BCUT2D eigenvalue weighted by Gasteiger charge is -2.18. The van der Waals surface area contributed by atoms with E-state index in [9.17, 15) is 0 Å². The van der Waals surface area contributed by atoms with E-state index in [-0.39, 0.29) is 0 Å². The number of rotatable bonds is 2. The van der Waals surface area contributed by atoms with Crippen LogP contribution in [0.1, 0.15) is 51.4 Å².